The van der Waals surface area contributed by atoms with Crippen molar-refractivity contribution in [1.29, 1.82) is 0 Å². The van der Waals surface area contributed by atoms with E-state index in [0.29, 0.717) is 6.04 Å². The molecule has 4 rings (SSSR count). The molecular weight excluding hydrogens is 392 g/mol. The number of thiazole rings is 1. The third kappa shape index (κ3) is 5.32. The molecule has 0 saturated heterocycles. The number of benzene rings is 1. The molecule has 3 aromatic rings. The van der Waals surface area contributed by atoms with E-state index in [2.05, 4.69) is 33.3 Å². The Bertz CT molecular complexity index is 966. The van der Waals surface area contributed by atoms with E-state index < -0.39 is 0 Å². The summed E-state index contributed by atoms with van der Waals surface area (Å²) in [5.41, 5.74) is 3.66. The molecule has 1 fully saturated rings. The Morgan fingerprint density at radius 2 is 1.93 bits per heavy atom. The van der Waals surface area contributed by atoms with Crippen LogP contribution in [-0.2, 0) is 17.8 Å². The number of carbonyl (C=O) groups is 1. The van der Waals surface area contributed by atoms with Crippen molar-refractivity contribution >= 4 is 22.9 Å². The number of aromatic nitrogens is 2. The van der Waals surface area contributed by atoms with Crippen molar-refractivity contribution in [3.63, 3.8) is 0 Å². The third-order valence-corrected chi connectivity index (χ3v) is 6.60. The summed E-state index contributed by atoms with van der Waals surface area (Å²) in [4.78, 5) is 24.0. The number of rotatable bonds is 7. The highest BCUT2D eigenvalue weighted by atomic mass is 32.1. The summed E-state index contributed by atoms with van der Waals surface area (Å²) in [5, 5.41) is 5.88. The number of nitrogens with one attached hydrogen (secondary N) is 1. The van der Waals surface area contributed by atoms with Crippen LogP contribution in [0.2, 0.25) is 0 Å². The molecular formula is C24H28N4OS. The van der Waals surface area contributed by atoms with Crippen LogP contribution in [0, 0.1) is 0 Å². The molecule has 6 heteroatoms. The minimum absolute atomic E-state index is 0.0411. The zero-order chi connectivity index (χ0) is 20.8. The number of nitrogens with zero attached hydrogens (tertiary/aromatic N) is 3. The lowest BCUT2D eigenvalue weighted by molar-refractivity contribution is -0.115. The van der Waals surface area contributed by atoms with Crippen LogP contribution in [0.25, 0.3) is 10.7 Å². The minimum atomic E-state index is -0.0411. The molecule has 0 aliphatic heterocycles. The molecule has 1 aromatic carbocycles. The van der Waals surface area contributed by atoms with Gasteiger partial charge < -0.3 is 5.32 Å². The van der Waals surface area contributed by atoms with E-state index in [4.69, 9.17) is 0 Å². The van der Waals surface area contributed by atoms with Gasteiger partial charge in [0, 0.05) is 29.9 Å². The van der Waals surface area contributed by atoms with Gasteiger partial charge in [0.1, 0.15) is 5.01 Å². The molecule has 0 unspecified atom stereocenters. The summed E-state index contributed by atoms with van der Waals surface area (Å²) in [6, 6.07) is 14.5. The fraction of sp³-hybridized carbons (Fsp3) is 0.375. The van der Waals surface area contributed by atoms with Crippen molar-refractivity contribution in [3.05, 3.63) is 65.3 Å². The Morgan fingerprint density at radius 1 is 1.13 bits per heavy atom. The monoisotopic (exact) mass is 420 g/mol. The van der Waals surface area contributed by atoms with E-state index in [9.17, 15) is 4.79 Å². The maximum atomic E-state index is 12.7. The van der Waals surface area contributed by atoms with Crippen LogP contribution in [0.4, 0.5) is 5.69 Å². The van der Waals surface area contributed by atoms with Crippen LogP contribution >= 0.6 is 11.3 Å². The van der Waals surface area contributed by atoms with Gasteiger partial charge in [0.15, 0.2) is 0 Å². The van der Waals surface area contributed by atoms with Crippen molar-refractivity contribution in [3.8, 4) is 10.7 Å². The average molecular weight is 421 g/mol. The molecule has 1 N–H and O–H groups in total. The highest BCUT2D eigenvalue weighted by molar-refractivity contribution is 7.13. The maximum Gasteiger partial charge on any atom is 0.230 e. The number of carbonyl (C=O) groups excluding carboxylic acids is 1. The second-order valence-electron chi connectivity index (χ2n) is 7.95. The van der Waals surface area contributed by atoms with Crippen LogP contribution in [0.3, 0.4) is 0 Å². The first-order valence-electron chi connectivity index (χ1n) is 10.6. The Morgan fingerprint density at radius 3 is 2.73 bits per heavy atom. The molecule has 2 aromatic heterocycles. The summed E-state index contributed by atoms with van der Waals surface area (Å²) >= 11 is 1.52. The summed E-state index contributed by atoms with van der Waals surface area (Å²) in [5.74, 6) is -0.0411. The Balaban J connectivity index is 1.38. The predicted octanol–water partition coefficient (Wildman–Crippen LogP) is 5.15. The van der Waals surface area contributed by atoms with Crippen molar-refractivity contribution < 1.29 is 4.79 Å². The zero-order valence-corrected chi connectivity index (χ0v) is 18.2. The number of hydrogen-bond donors (Lipinski definition) is 1. The van der Waals surface area contributed by atoms with Gasteiger partial charge in [0.2, 0.25) is 5.91 Å². The smallest absolute Gasteiger partial charge is 0.230 e. The van der Waals surface area contributed by atoms with E-state index in [0.717, 1.165) is 34.2 Å². The average Bonchev–Trinajstić information content (AvgIpc) is 3.24. The van der Waals surface area contributed by atoms with Gasteiger partial charge in [0.05, 0.1) is 17.8 Å². The molecule has 1 saturated carbocycles. The molecule has 0 bridgehead atoms. The van der Waals surface area contributed by atoms with Crippen LogP contribution in [0.1, 0.15) is 43.4 Å². The predicted molar refractivity (Wildman–Crippen MR) is 122 cm³/mol. The van der Waals surface area contributed by atoms with Crippen LogP contribution in [-0.4, -0.2) is 33.9 Å². The first-order chi connectivity index (χ1) is 14.7. The lowest BCUT2D eigenvalue weighted by Crippen LogP contribution is -2.33. The van der Waals surface area contributed by atoms with Gasteiger partial charge in [-0.1, -0.05) is 43.5 Å². The van der Waals surface area contributed by atoms with Crippen molar-refractivity contribution in [2.75, 3.05) is 12.4 Å². The Hall–Kier alpha value is -2.57. The highest BCUT2D eigenvalue weighted by Gasteiger charge is 2.19. The van der Waals surface area contributed by atoms with E-state index in [1.54, 1.807) is 6.20 Å². The number of anilines is 1. The standard InChI is InChI=1S/C24H28N4OS/c1-28(20-10-3-2-4-11-20)16-18-9-5-6-12-21(18)27-23(29)15-19-17-30-24(26-19)22-13-7-8-14-25-22/h5-9,12-14,17,20H,2-4,10-11,15-16H2,1H3,(H,27,29). The summed E-state index contributed by atoms with van der Waals surface area (Å²) < 4.78 is 0. The van der Waals surface area contributed by atoms with Gasteiger partial charge in [-0.05, 0) is 43.7 Å². The van der Waals surface area contributed by atoms with Gasteiger partial charge in [-0.15, -0.1) is 11.3 Å². The second-order valence-corrected chi connectivity index (χ2v) is 8.81. The lowest BCUT2D eigenvalue weighted by Gasteiger charge is -2.31. The molecule has 1 aliphatic carbocycles. The largest absolute Gasteiger partial charge is 0.325 e. The van der Waals surface area contributed by atoms with E-state index in [1.165, 1.54) is 43.4 Å². The van der Waals surface area contributed by atoms with Gasteiger partial charge >= 0.3 is 0 Å². The van der Waals surface area contributed by atoms with E-state index >= 15 is 0 Å². The fourth-order valence-corrected chi connectivity index (χ4v) is 4.85. The second kappa shape index (κ2) is 9.96. The molecule has 30 heavy (non-hydrogen) atoms. The number of para-hydroxylation sites is 1. The first-order valence-corrected chi connectivity index (χ1v) is 11.5. The van der Waals surface area contributed by atoms with Crippen molar-refractivity contribution in [2.45, 2.75) is 51.1 Å². The molecule has 0 spiro atoms. The fourth-order valence-electron chi connectivity index (χ4n) is 4.05. The Kier molecular flexibility index (Phi) is 6.87. The zero-order valence-electron chi connectivity index (χ0n) is 17.4. The topological polar surface area (TPSA) is 58.1 Å². The van der Waals surface area contributed by atoms with Crippen LogP contribution in [0.15, 0.2) is 54.0 Å². The molecule has 1 amide bonds. The SMILES string of the molecule is CN(Cc1ccccc1NC(=O)Cc1csc(-c2ccccn2)n1)C1CCCCC1. The van der Waals surface area contributed by atoms with Gasteiger partial charge in [-0.25, -0.2) is 4.98 Å². The molecule has 5 nitrogen and oxygen atoms in total. The van der Waals surface area contributed by atoms with Gasteiger partial charge in [0.25, 0.3) is 0 Å². The number of hydrogen-bond acceptors (Lipinski definition) is 5. The number of amides is 1. The molecule has 0 atom stereocenters. The van der Waals surface area contributed by atoms with Crippen molar-refractivity contribution in [1.82, 2.24) is 14.9 Å². The maximum absolute atomic E-state index is 12.7. The lowest BCUT2D eigenvalue weighted by atomic mass is 9.94. The van der Waals surface area contributed by atoms with E-state index in [1.807, 2.05) is 41.8 Å². The number of pyridine rings is 1. The van der Waals surface area contributed by atoms with E-state index in [-0.39, 0.29) is 12.3 Å². The summed E-state index contributed by atoms with van der Waals surface area (Å²) in [6.07, 6.45) is 8.56. The normalized spacial score (nSPS) is 14.7. The van der Waals surface area contributed by atoms with Crippen LogP contribution < -0.4 is 5.32 Å². The van der Waals surface area contributed by atoms with Crippen LogP contribution in [0.5, 0.6) is 0 Å². The highest BCUT2D eigenvalue weighted by Crippen LogP contribution is 2.25. The third-order valence-electron chi connectivity index (χ3n) is 5.69. The quantitative estimate of drug-likeness (QED) is 0.574. The summed E-state index contributed by atoms with van der Waals surface area (Å²) in [7, 11) is 2.20. The Labute approximate surface area is 182 Å². The molecule has 156 valence electrons. The molecule has 1 aliphatic rings. The molecule has 2 heterocycles. The first kappa shape index (κ1) is 20.7. The molecule has 0 radical (unpaired) electrons. The van der Waals surface area contributed by atoms with Gasteiger partial charge in [-0.3, -0.25) is 14.7 Å². The summed E-state index contributed by atoms with van der Waals surface area (Å²) in [6.45, 7) is 0.849. The van der Waals surface area contributed by atoms with Crippen molar-refractivity contribution in [2.24, 2.45) is 0 Å². The minimum Gasteiger partial charge on any atom is -0.325 e. The van der Waals surface area contributed by atoms with Gasteiger partial charge in [-0.2, -0.15) is 0 Å².